The molecule has 56 valence electrons. The highest BCUT2D eigenvalue weighted by Crippen LogP contribution is 2.18. The van der Waals surface area contributed by atoms with Crippen molar-refractivity contribution >= 4 is 0 Å². The Labute approximate surface area is 61.8 Å². The van der Waals surface area contributed by atoms with Gasteiger partial charge in [-0.05, 0) is 6.08 Å². The van der Waals surface area contributed by atoms with Crippen molar-refractivity contribution in [1.29, 1.82) is 0 Å². The zero-order valence-corrected chi connectivity index (χ0v) is 6.50. The molecular formula is C8H13NO. The monoisotopic (exact) mass is 139 g/mol. The number of hydrogen-bond acceptors (Lipinski definition) is 2. The molecule has 1 atom stereocenters. The minimum Gasteiger partial charge on any atom is -0.470 e. The lowest BCUT2D eigenvalue weighted by Gasteiger charge is -2.14. The summed E-state index contributed by atoms with van der Waals surface area (Å²) in [5.74, 6) is 1.03. The van der Waals surface area contributed by atoms with Crippen LogP contribution in [0.4, 0.5) is 0 Å². The van der Waals surface area contributed by atoms with Crippen molar-refractivity contribution in [2.75, 3.05) is 7.05 Å². The van der Waals surface area contributed by atoms with Gasteiger partial charge in [0.1, 0.15) is 5.76 Å². The number of hydrogen-bond donors (Lipinski definition) is 0. The lowest BCUT2D eigenvalue weighted by molar-refractivity contribution is 0.0962. The van der Waals surface area contributed by atoms with Crippen LogP contribution in [0.1, 0.15) is 13.3 Å². The van der Waals surface area contributed by atoms with Gasteiger partial charge in [0, 0.05) is 19.7 Å². The molecule has 0 spiro atoms. The zero-order chi connectivity index (χ0) is 7.56. The van der Waals surface area contributed by atoms with Crippen LogP contribution in [-0.4, -0.2) is 18.2 Å². The van der Waals surface area contributed by atoms with E-state index in [1.807, 2.05) is 18.1 Å². The molecule has 0 saturated heterocycles. The zero-order valence-electron chi connectivity index (χ0n) is 6.50. The molecule has 1 rings (SSSR count). The van der Waals surface area contributed by atoms with Crippen LogP contribution in [0.5, 0.6) is 0 Å². The highest BCUT2D eigenvalue weighted by molar-refractivity contribution is 5.02. The lowest BCUT2D eigenvalue weighted by Crippen LogP contribution is -2.20. The summed E-state index contributed by atoms with van der Waals surface area (Å²) in [6.45, 7) is 5.74. The van der Waals surface area contributed by atoms with Crippen molar-refractivity contribution in [2.24, 2.45) is 0 Å². The van der Waals surface area contributed by atoms with Gasteiger partial charge in [-0.3, -0.25) is 0 Å². The van der Waals surface area contributed by atoms with Crippen LogP contribution in [0.2, 0.25) is 0 Å². The topological polar surface area (TPSA) is 12.5 Å². The van der Waals surface area contributed by atoms with E-state index in [1.54, 1.807) is 6.08 Å². The summed E-state index contributed by atoms with van der Waals surface area (Å²) in [6, 6.07) is 0. The van der Waals surface area contributed by atoms with Gasteiger partial charge in [-0.2, -0.15) is 0 Å². The standard InChI is InChI=1S/C8H13NO/c1-4-7-6-9(3)8(5-2)10-7/h5-6,8H,2,4H2,1,3H3. The highest BCUT2D eigenvalue weighted by atomic mass is 16.5. The molecular weight excluding hydrogens is 126 g/mol. The van der Waals surface area contributed by atoms with Gasteiger partial charge in [-0.15, -0.1) is 0 Å². The lowest BCUT2D eigenvalue weighted by atomic mass is 10.4. The maximum atomic E-state index is 5.44. The molecule has 10 heavy (non-hydrogen) atoms. The van der Waals surface area contributed by atoms with Crippen LogP contribution >= 0.6 is 0 Å². The second kappa shape index (κ2) is 2.78. The Morgan fingerprint density at radius 3 is 2.90 bits per heavy atom. The second-order valence-corrected chi connectivity index (χ2v) is 2.36. The first-order valence-electron chi connectivity index (χ1n) is 3.49. The molecule has 2 heteroatoms. The molecule has 0 N–H and O–H groups in total. The van der Waals surface area contributed by atoms with E-state index >= 15 is 0 Å². The van der Waals surface area contributed by atoms with E-state index < -0.39 is 0 Å². The Bertz CT molecular complexity index is 163. The third-order valence-electron chi connectivity index (χ3n) is 1.57. The highest BCUT2D eigenvalue weighted by Gasteiger charge is 2.17. The van der Waals surface area contributed by atoms with Crippen LogP contribution in [0.3, 0.4) is 0 Å². The molecule has 1 aliphatic heterocycles. The van der Waals surface area contributed by atoms with Crippen molar-refractivity contribution in [2.45, 2.75) is 19.6 Å². The number of ether oxygens (including phenoxy) is 1. The van der Waals surface area contributed by atoms with Crippen molar-refractivity contribution < 1.29 is 4.74 Å². The number of likely N-dealkylation sites (N-methyl/N-ethyl adjacent to an activating group) is 1. The van der Waals surface area contributed by atoms with Crippen LogP contribution in [0, 0.1) is 0 Å². The van der Waals surface area contributed by atoms with Crippen LogP contribution < -0.4 is 0 Å². The summed E-state index contributed by atoms with van der Waals surface area (Å²) in [4.78, 5) is 2.01. The molecule has 0 radical (unpaired) electrons. The molecule has 0 aliphatic carbocycles. The average Bonchev–Trinajstić information content (AvgIpc) is 2.30. The maximum Gasteiger partial charge on any atom is 0.190 e. The first kappa shape index (κ1) is 7.19. The molecule has 2 nitrogen and oxygen atoms in total. The largest absolute Gasteiger partial charge is 0.470 e. The minimum atomic E-state index is 0.0509. The number of rotatable bonds is 2. The minimum absolute atomic E-state index is 0.0509. The predicted octanol–water partition coefficient (Wildman–Crippen LogP) is 1.71. The van der Waals surface area contributed by atoms with E-state index in [0.717, 1.165) is 12.2 Å². The molecule has 0 aromatic rings. The Kier molecular flexibility index (Phi) is 2.00. The Morgan fingerprint density at radius 1 is 1.90 bits per heavy atom. The van der Waals surface area contributed by atoms with Gasteiger partial charge >= 0.3 is 0 Å². The predicted molar refractivity (Wildman–Crippen MR) is 41.2 cm³/mol. The van der Waals surface area contributed by atoms with Crippen LogP contribution in [0.15, 0.2) is 24.6 Å². The molecule has 1 unspecified atom stereocenters. The third kappa shape index (κ3) is 1.15. The molecule has 0 amide bonds. The molecule has 1 aliphatic rings. The van der Waals surface area contributed by atoms with Gasteiger partial charge in [0.25, 0.3) is 0 Å². The molecule has 0 aromatic carbocycles. The van der Waals surface area contributed by atoms with Crippen LogP contribution in [-0.2, 0) is 4.74 Å². The van der Waals surface area contributed by atoms with Crippen molar-refractivity contribution in [3.8, 4) is 0 Å². The number of nitrogens with zero attached hydrogens (tertiary/aromatic N) is 1. The SMILES string of the molecule is C=CC1OC(CC)=CN1C. The summed E-state index contributed by atoms with van der Waals surface area (Å²) in [7, 11) is 1.98. The fourth-order valence-electron chi connectivity index (χ4n) is 0.958. The first-order chi connectivity index (χ1) is 4.77. The molecule has 1 heterocycles. The van der Waals surface area contributed by atoms with E-state index in [4.69, 9.17) is 4.74 Å². The summed E-state index contributed by atoms with van der Waals surface area (Å²) in [6.07, 6.45) is 4.80. The summed E-state index contributed by atoms with van der Waals surface area (Å²) in [5.41, 5.74) is 0. The molecule has 0 saturated carbocycles. The quantitative estimate of drug-likeness (QED) is 0.540. The van der Waals surface area contributed by atoms with Crippen molar-refractivity contribution in [3.63, 3.8) is 0 Å². The average molecular weight is 139 g/mol. The van der Waals surface area contributed by atoms with E-state index in [0.29, 0.717) is 0 Å². The normalized spacial score (nSPS) is 24.0. The van der Waals surface area contributed by atoms with E-state index in [-0.39, 0.29) is 6.23 Å². The molecule has 0 fully saturated rings. The Balaban J connectivity index is 2.56. The molecule has 0 aromatic heterocycles. The fraction of sp³-hybridized carbons (Fsp3) is 0.500. The Hall–Kier alpha value is -0.920. The number of allylic oxidation sites excluding steroid dienone is 1. The van der Waals surface area contributed by atoms with Gasteiger partial charge in [-0.25, -0.2) is 0 Å². The summed E-state index contributed by atoms with van der Waals surface area (Å²) in [5, 5.41) is 0. The molecule has 0 bridgehead atoms. The van der Waals surface area contributed by atoms with Gasteiger partial charge < -0.3 is 9.64 Å². The third-order valence-corrected chi connectivity index (χ3v) is 1.57. The van der Waals surface area contributed by atoms with Gasteiger partial charge in [-0.1, -0.05) is 13.5 Å². The summed E-state index contributed by atoms with van der Waals surface area (Å²) < 4.78 is 5.44. The van der Waals surface area contributed by atoms with Crippen molar-refractivity contribution in [1.82, 2.24) is 4.90 Å². The summed E-state index contributed by atoms with van der Waals surface area (Å²) >= 11 is 0. The van der Waals surface area contributed by atoms with E-state index in [2.05, 4.69) is 13.5 Å². The van der Waals surface area contributed by atoms with Gasteiger partial charge in [0.2, 0.25) is 0 Å². The van der Waals surface area contributed by atoms with Crippen molar-refractivity contribution in [3.05, 3.63) is 24.6 Å². The van der Waals surface area contributed by atoms with E-state index in [9.17, 15) is 0 Å². The first-order valence-corrected chi connectivity index (χ1v) is 3.49. The fourth-order valence-corrected chi connectivity index (χ4v) is 0.958. The van der Waals surface area contributed by atoms with Crippen LogP contribution in [0.25, 0.3) is 0 Å². The van der Waals surface area contributed by atoms with Gasteiger partial charge in [0.15, 0.2) is 6.23 Å². The van der Waals surface area contributed by atoms with E-state index in [1.165, 1.54) is 0 Å². The second-order valence-electron chi connectivity index (χ2n) is 2.36. The van der Waals surface area contributed by atoms with Gasteiger partial charge in [0.05, 0.1) is 0 Å². The Morgan fingerprint density at radius 2 is 2.60 bits per heavy atom. The smallest absolute Gasteiger partial charge is 0.190 e. The maximum absolute atomic E-state index is 5.44.